The molecule has 0 aromatic heterocycles. The zero-order chi connectivity index (χ0) is 26.7. The maximum atomic E-state index is 14.0. The molecule has 0 bridgehead atoms. The van der Waals surface area contributed by atoms with Gasteiger partial charge in [0.25, 0.3) is 0 Å². The fraction of sp³-hybridized carbons (Fsp3) is 0.483. The number of aliphatic carboxylic acids is 1. The van der Waals surface area contributed by atoms with E-state index >= 15 is 0 Å². The first-order valence-corrected chi connectivity index (χ1v) is 12.5. The number of Topliss-reactive ketones (excluding diaryl/α,β-unsaturated/α-hetero) is 1. The molecule has 1 aliphatic rings. The molecule has 0 spiro atoms. The van der Waals surface area contributed by atoms with Crippen LogP contribution in [0.4, 0.5) is 5.69 Å². The first-order valence-electron chi connectivity index (χ1n) is 12.5. The lowest BCUT2D eigenvalue weighted by atomic mass is 9.66. The third-order valence-corrected chi connectivity index (χ3v) is 7.02. The summed E-state index contributed by atoms with van der Waals surface area (Å²) >= 11 is 0. The van der Waals surface area contributed by atoms with Crippen molar-refractivity contribution < 1.29 is 19.4 Å². The van der Waals surface area contributed by atoms with E-state index in [1.165, 1.54) is 0 Å². The Morgan fingerprint density at radius 3 is 2.42 bits per heavy atom. The van der Waals surface area contributed by atoms with Crippen molar-refractivity contribution in [2.45, 2.75) is 57.8 Å². The van der Waals surface area contributed by atoms with Crippen molar-refractivity contribution in [3.8, 4) is 5.75 Å². The molecule has 0 saturated heterocycles. The number of carbonyl (C=O) groups is 2. The fourth-order valence-corrected chi connectivity index (χ4v) is 5.16. The van der Waals surface area contributed by atoms with Gasteiger partial charge < -0.3 is 20.5 Å². The van der Waals surface area contributed by atoms with Crippen LogP contribution >= 0.6 is 0 Å². The zero-order valence-corrected chi connectivity index (χ0v) is 22.3. The minimum Gasteiger partial charge on any atom is -0.479 e. The van der Waals surface area contributed by atoms with Crippen molar-refractivity contribution in [3.05, 3.63) is 59.2 Å². The average molecular weight is 494 g/mol. The summed E-state index contributed by atoms with van der Waals surface area (Å²) in [4.78, 5) is 31.8. The van der Waals surface area contributed by atoms with Gasteiger partial charge in [0.1, 0.15) is 11.6 Å². The van der Waals surface area contributed by atoms with Gasteiger partial charge in [0.2, 0.25) is 0 Å². The number of carbonyl (C=O) groups excluding carboxylic acids is 1. The number of amidine groups is 1. The molecule has 1 heterocycles. The SMILES string of the molecule is CCCC1CN=C(N)C1(CC(=O)c1cc(N(C)C)c(OCC(=O)O)c(C(C)(C)C)c1)c1ccccc1. The molecule has 0 aliphatic carbocycles. The number of carboxylic acids is 1. The Morgan fingerprint density at radius 1 is 1.19 bits per heavy atom. The molecular weight excluding hydrogens is 454 g/mol. The van der Waals surface area contributed by atoms with E-state index in [1.807, 2.05) is 76.2 Å². The normalized spacial score (nSPS) is 19.6. The topological polar surface area (TPSA) is 105 Å². The summed E-state index contributed by atoms with van der Waals surface area (Å²) in [6.45, 7) is 8.36. The van der Waals surface area contributed by atoms with E-state index in [0.29, 0.717) is 29.4 Å². The third-order valence-electron chi connectivity index (χ3n) is 7.02. The predicted octanol–water partition coefficient (Wildman–Crippen LogP) is 4.81. The molecule has 7 nitrogen and oxygen atoms in total. The van der Waals surface area contributed by atoms with Crippen LogP contribution in [-0.4, -0.2) is 49.9 Å². The van der Waals surface area contributed by atoms with Gasteiger partial charge in [0.05, 0.1) is 11.1 Å². The van der Waals surface area contributed by atoms with Gasteiger partial charge in [-0.2, -0.15) is 0 Å². The van der Waals surface area contributed by atoms with Crippen molar-refractivity contribution >= 4 is 23.3 Å². The van der Waals surface area contributed by atoms with Gasteiger partial charge in [-0.3, -0.25) is 9.79 Å². The molecule has 2 aromatic rings. The second-order valence-electron chi connectivity index (χ2n) is 10.8. The number of hydrogen-bond donors (Lipinski definition) is 2. The largest absolute Gasteiger partial charge is 0.479 e. The lowest BCUT2D eigenvalue weighted by molar-refractivity contribution is -0.139. The third kappa shape index (κ3) is 5.40. The highest BCUT2D eigenvalue weighted by atomic mass is 16.5. The van der Waals surface area contributed by atoms with Crippen LogP contribution in [-0.2, 0) is 15.6 Å². The zero-order valence-electron chi connectivity index (χ0n) is 22.3. The van der Waals surface area contributed by atoms with Gasteiger partial charge in [-0.15, -0.1) is 0 Å². The number of benzene rings is 2. The van der Waals surface area contributed by atoms with Crippen molar-refractivity contribution in [2.24, 2.45) is 16.6 Å². The molecule has 2 aromatic carbocycles. The Morgan fingerprint density at radius 2 is 1.86 bits per heavy atom. The molecule has 194 valence electrons. The molecule has 0 fully saturated rings. The van der Waals surface area contributed by atoms with Crippen molar-refractivity contribution in [1.29, 1.82) is 0 Å². The number of nitrogens with zero attached hydrogens (tertiary/aromatic N) is 2. The molecule has 2 atom stereocenters. The van der Waals surface area contributed by atoms with E-state index in [1.54, 1.807) is 6.07 Å². The summed E-state index contributed by atoms with van der Waals surface area (Å²) in [5.41, 5.74) is 8.55. The Kier molecular flexibility index (Phi) is 8.12. The monoisotopic (exact) mass is 493 g/mol. The molecule has 0 amide bonds. The summed E-state index contributed by atoms with van der Waals surface area (Å²) in [6, 6.07) is 13.6. The lowest BCUT2D eigenvalue weighted by Gasteiger charge is -2.36. The van der Waals surface area contributed by atoms with E-state index < -0.39 is 18.0 Å². The average Bonchev–Trinajstić information content (AvgIpc) is 3.13. The van der Waals surface area contributed by atoms with Gasteiger partial charge in [-0.25, -0.2) is 4.79 Å². The Hall–Kier alpha value is -3.35. The number of hydrogen-bond acceptors (Lipinski definition) is 6. The number of anilines is 1. The van der Waals surface area contributed by atoms with E-state index in [9.17, 15) is 14.7 Å². The first-order chi connectivity index (χ1) is 16.9. The minimum atomic E-state index is -1.05. The van der Waals surface area contributed by atoms with E-state index in [0.717, 1.165) is 24.0 Å². The van der Waals surface area contributed by atoms with E-state index in [2.05, 4.69) is 11.9 Å². The van der Waals surface area contributed by atoms with Gasteiger partial charge in [-0.1, -0.05) is 64.4 Å². The summed E-state index contributed by atoms with van der Waals surface area (Å²) < 4.78 is 5.75. The number of nitrogens with two attached hydrogens (primary N) is 1. The predicted molar refractivity (Wildman–Crippen MR) is 145 cm³/mol. The van der Waals surface area contributed by atoms with Crippen LogP contribution in [0.5, 0.6) is 5.75 Å². The Balaban J connectivity index is 2.14. The lowest BCUT2D eigenvalue weighted by Crippen LogP contribution is -2.45. The Bertz CT molecular complexity index is 1140. The summed E-state index contributed by atoms with van der Waals surface area (Å²) in [7, 11) is 3.71. The van der Waals surface area contributed by atoms with E-state index in [-0.39, 0.29) is 23.5 Å². The molecule has 3 rings (SSSR count). The van der Waals surface area contributed by atoms with Crippen LogP contribution < -0.4 is 15.4 Å². The number of ether oxygens (including phenoxy) is 1. The van der Waals surface area contributed by atoms with Crippen LogP contribution in [0.25, 0.3) is 0 Å². The molecule has 2 unspecified atom stereocenters. The summed E-state index contributed by atoms with van der Waals surface area (Å²) in [5.74, 6) is 0.0594. The maximum Gasteiger partial charge on any atom is 0.341 e. The van der Waals surface area contributed by atoms with Crippen LogP contribution in [0.2, 0.25) is 0 Å². The molecule has 0 radical (unpaired) electrons. The van der Waals surface area contributed by atoms with Crippen molar-refractivity contribution in [3.63, 3.8) is 0 Å². The molecule has 0 saturated carbocycles. The Labute approximate surface area is 214 Å². The van der Waals surface area contributed by atoms with Gasteiger partial charge in [-0.05, 0) is 35.4 Å². The molecule has 1 aliphatic heterocycles. The van der Waals surface area contributed by atoms with Crippen molar-refractivity contribution in [2.75, 3.05) is 32.1 Å². The van der Waals surface area contributed by atoms with Crippen LogP contribution in [0.3, 0.4) is 0 Å². The highest BCUT2D eigenvalue weighted by molar-refractivity contribution is 6.04. The van der Waals surface area contributed by atoms with E-state index in [4.69, 9.17) is 10.5 Å². The number of ketones is 1. The van der Waals surface area contributed by atoms with Crippen LogP contribution in [0, 0.1) is 5.92 Å². The highest BCUT2D eigenvalue weighted by Gasteiger charge is 2.48. The smallest absolute Gasteiger partial charge is 0.341 e. The molecule has 3 N–H and O–H groups in total. The number of carboxylic acid groups (broad SMARTS) is 1. The number of rotatable bonds is 10. The molecular formula is C29H39N3O4. The standard InChI is InChI=1S/C29H39N3O4/c1-7-11-21-17-31-27(30)29(21,20-12-9-8-10-13-20)16-24(33)19-14-22(28(2,3)4)26(36-18-25(34)35)23(15-19)32(5)6/h8-10,12-15,21H,7,11,16-18H2,1-6H3,(H2,30,31)(H,34,35). The highest BCUT2D eigenvalue weighted by Crippen LogP contribution is 2.45. The first kappa shape index (κ1) is 27.2. The molecule has 7 heteroatoms. The second kappa shape index (κ2) is 10.7. The number of aliphatic imine (C=N–C) groups is 1. The van der Waals surface area contributed by atoms with Gasteiger partial charge in [0.15, 0.2) is 12.4 Å². The summed E-state index contributed by atoms with van der Waals surface area (Å²) in [6.07, 6.45) is 2.11. The van der Waals surface area contributed by atoms with Crippen molar-refractivity contribution in [1.82, 2.24) is 0 Å². The fourth-order valence-electron chi connectivity index (χ4n) is 5.16. The van der Waals surface area contributed by atoms with Crippen LogP contribution in [0.15, 0.2) is 47.5 Å². The summed E-state index contributed by atoms with van der Waals surface area (Å²) in [5, 5.41) is 9.21. The molecule has 36 heavy (non-hydrogen) atoms. The second-order valence-corrected chi connectivity index (χ2v) is 10.8. The minimum absolute atomic E-state index is 0.0293. The maximum absolute atomic E-state index is 14.0. The van der Waals surface area contributed by atoms with Gasteiger partial charge in [0, 0.05) is 38.2 Å². The van der Waals surface area contributed by atoms with Crippen LogP contribution in [0.1, 0.15) is 68.4 Å². The quantitative estimate of drug-likeness (QED) is 0.460. The van der Waals surface area contributed by atoms with Gasteiger partial charge >= 0.3 is 5.97 Å².